The number of rotatable bonds is 3. The molecule has 0 saturated heterocycles. The van der Waals surface area contributed by atoms with Crippen molar-refractivity contribution in [1.29, 1.82) is 0 Å². The number of ether oxygens (including phenoxy) is 1. The van der Waals surface area contributed by atoms with Gasteiger partial charge in [0, 0.05) is 6.92 Å². The lowest BCUT2D eigenvalue weighted by atomic mass is 10.7. The standard InChI is InChI=1S/C5H8N4O2S/c1-4(10)11-3-2-9-5(12)6-7-8-9/h2-3H2,1H3,(H,6,8,12). The van der Waals surface area contributed by atoms with Crippen LogP contribution in [-0.2, 0) is 16.1 Å². The molecule has 66 valence electrons. The molecule has 0 fully saturated rings. The van der Waals surface area contributed by atoms with E-state index in [2.05, 4.69) is 20.3 Å². The van der Waals surface area contributed by atoms with Crippen molar-refractivity contribution < 1.29 is 9.53 Å². The molecule has 0 spiro atoms. The van der Waals surface area contributed by atoms with Crippen LogP contribution in [0.3, 0.4) is 0 Å². The van der Waals surface area contributed by atoms with Gasteiger partial charge >= 0.3 is 5.97 Å². The Morgan fingerprint density at radius 1 is 1.83 bits per heavy atom. The fraction of sp³-hybridized carbons (Fsp3) is 0.600. The minimum Gasteiger partial charge on any atom is -0.464 e. The minimum absolute atomic E-state index is 0.271. The Balaban J connectivity index is 2.39. The van der Waals surface area contributed by atoms with Gasteiger partial charge in [0.15, 0.2) is 0 Å². The molecule has 6 nitrogen and oxygen atoms in total. The molecule has 1 rings (SSSR count). The van der Waals surface area contributed by atoms with E-state index in [1.807, 2.05) is 0 Å². The summed E-state index contributed by atoms with van der Waals surface area (Å²) >= 11 is 4.78. The van der Waals surface area contributed by atoms with E-state index in [0.717, 1.165) is 0 Å². The van der Waals surface area contributed by atoms with Gasteiger partial charge in [0.1, 0.15) is 6.61 Å². The van der Waals surface area contributed by atoms with Crippen LogP contribution in [-0.4, -0.2) is 32.8 Å². The second-order valence-corrected chi connectivity index (χ2v) is 2.44. The van der Waals surface area contributed by atoms with E-state index < -0.39 is 0 Å². The quantitative estimate of drug-likeness (QED) is 0.529. The summed E-state index contributed by atoms with van der Waals surface area (Å²) in [7, 11) is 0. The largest absolute Gasteiger partial charge is 0.464 e. The summed E-state index contributed by atoms with van der Waals surface area (Å²) in [6.45, 7) is 2.07. The van der Waals surface area contributed by atoms with Crippen LogP contribution in [0.25, 0.3) is 0 Å². The summed E-state index contributed by atoms with van der Waals surface area (Å²) in [5.41, 5.74) is 0. The molecule has 7 heteroatoms. The number of H-pyrrole nitrogens is 1. The highest BCUT2D eigenvalue weighted by molar-refractivity contribution is 7.71. The first kappa shape index (κ1) is 8.85. The van der Waals surface area contributed by atoms with Crippen molar-refractivity contribution in [3.63, 3.8) is 0 Å². The second kappa shape index (κ2) is 3.96. The van der Waals surface area contributed by atoms with Crippen LogP contribution in [0.2, 0.25) is 0 Å². The van der Waals surface area contributed by atoms with Gasteiger partial charge in [-0.3, -0.25) is 4.79 Å². The first-order valence-electron chi connectivity index (χ1n) is 3.31. The summed E-state index contributed by atoms with van der Waals surface area (Å²) in [5, 5.41) is 9.55. The Morgan fingerprint density at radius 2 is 2.58 bits per heavy atom. The predicted octanol–water partition coefficient (Wildman–Crippen LogP) is -0.101. The summed E-state index contributed by atoms with van der Waals surface area (Å²) in [6.07, 6.45) is 0. The topological polar surface area (TPSA) is 72.8 Å². The molecule has 1 heterocycles. The summed E-state index contributed by atoms with van der Waals surface area (Å²) in [6, 6.07) is 0. The highest BCUT2D eigenvalue weighted by atomic mass is 32.1. The molecule has 1 N–H and O–H groups in total. The van der Waals surface area contributed by atoms with E-state index in [1.54, 1.807) is 0 Å². The van der Waals surface area contributed by atoms with Gasteiger partial charge in [-0.25, -0.2) is 4.68 Å². The van der Waals surface area contributed by atoms with Gasteiger partial charge in [-0.05, 0) is 12.2 Å². The van der Waals surface area contributed by atoms with Gasteiger partial charge in [0.25, 0.3) is 0 Å². The van der Waals surface area contributed by atoms with Gasteiger partial charge in [-0.15, -0.1) is 0 Å². The molecular weight excluding hydrogens is 180 g/mol. The Hall–Kier alpha value is -1.24. The summed E-state index contributed by atoms with van der Waals surface area (Å²) < 4.78 is 6.55. The lowest BCUT2D eigenvalue weighted by molar-refractivity contribution is -0.141. The third-order valence-corrected chi connectivity index (χ3v) is 1.45. The number of aromatic amines is 1. The van der Waals surface area contributed by atoms with Crippen LogP contribution in [0.5, 0.6) is 0 Å². The van der Waals surface area contributed by atoms with Crippen LogP contribution in [0.4, 0.5) is 0 Å². The van der Waals surface area contributed by atoms with Crippen molar-refractivity contribution >= 4 is 18.2 Å². The molecule has 0 aliphatic rings. The van der Waals surface area contributed by atoms with E-state index in [9.17, 15) is 4.79 Å². The van der Waals surface area contributed by atoms with Gasteiger partial charge in [-0.2, -0.15) is 5.21 Å². The zero-order valence-corrected chi connectivity index (χ0v) is 7.30. The zero-order valence-electron chi connectivity index (χ0n) is 6.48. The SMILES string of the molecule is CC(=O)OCCn1[nH]nnc1=S. The molecule has 0 aliphatic heterocycles. The van der Waals surface area contributed by atoms with Crippen LogP contribution < -0.4 is 0 Å². The van der Waals surface area contributed by atoms with Crippen LogP contribution in [0, 0.1) is 4.77 Å². The zero-order chi connectivity index (χ0) is 8.97. The third kappa shape index (κ3) is 2.42. The first-order chi connectivity index (χ1) is 5.70. The van der Waals surface area contributed by atoms with E-state index >= 15 is 0 Å². The molecule has 0 atom stereocenters. The van der Waals surface area contributed by atoms with Gasteiger partial charge in [0.2, 0.25) is 4.77 Å². The fourth-order valence-electron chi connectivity index (χ4n) is 0.642. The van der Waals surface area contributed by atoms with Crippen molar-refractivity contribution in [2.24, 2.45) is 0 Å². The normalized spacial score (nSPS) is 9.75. The van der Waals surface area contributed by atoms with Crippen molar-refractivity contribution in [2.45, 2.75) is 13.5 Å². The Bertz CT molecular complexity index is 317. The predicted molar refractivity (Wildman–Crippen MR) is 41.8 cm³/mol. The van der Waals surface area contributed by atoms with Gasteiger partial charge in [0.05, 0.1) is 6.54 Å². The molecular formula is C5H8N4O2S. The molecule has 1 aromatic rings. The molecule has 0 amide bonds. The number of nitrogens with zero attached hydrogens (tertiary/aromatic N) is 3. The van der Waals surface area contributed by atoms with Gasteiger partial charge in [-0.1, -0.05) is 10.3 Å². The highest BCUT2D eigenvalue weighted by Crippen LogP contribution is 1.84. The molecule has 0 aliphatic carbocycles. The summed E-state index contributed by atoms with van der Waals surface area (Å²) in [5.74, 6) is -0.311. The number of carbonyl (C=O) groups is 1. The average Bonchev–Trinajstić information content (AvgIpc) is 2.36. The van der Waals surface area contributed by atoms with E-state index in [-0.39, 0.29) is 12.6 Å². The molecule has 1 aromatic heterocycles. The molecule has 0 saturated carbocycles. The molecule has 0 radical (unpaired) electrons. The number of aromatic nitrogens is 4. The third-order valence-electron chi connectivity index (χ3n) is 1.15. The molecule has 12 heavy (non-hydrogen) atoms. The number of hydrogen-bond donors (Lipinski definition) is 1. The van der Waals surface area contributed by atoms with E-state index in [0.29, 0.717) is 11.3 Å². The molecule has 0 aromatic carbocycles. The van der Waals surface area contributed by atoms with Crippen LogP contribution in [0.1, 0.15) is 6.92 Å². The Labute approximate surface area is 73.5 Å². The van der Waals surface area contributed by atoms with Crippen molar-refractivity contribution in [3.05, 3.63) is 4.77 Å². The minimum atomic E-state index is -0.311. The van der Waals surface area contributed by atoms with Crippen molar-refractivity contribution in [1.82, 2.24) is 20.2 Å². The summed E-state index contributed by atoms with van der Waals surface area (Å²) in [4.78, 5) is 10.4. The van der Waals surface area contributed by atoms with Crippen LogP contribution in [0.15, 0.2) is 0 Å². The Kier molecular flexibility index (Phi) is 2.92. The number of nitrogens with one attached hydrogen (secondary N) is 1. The number of hydrogen-bond acceptors (Lipinski definition) is 5. The molecule has 0 bridgehead atoms. The molecule has 0 unspecified atom stereocenters. The van der Waals surface area contributed by atoms with Crippen LogP contribution >= 0.6 is 12.2 Å². The lowest BCUT2D eigenvalue weighted by Crippen LogP contribution is -2.10. The highest BCUT2D eigenvalue weighted by Gasteiger charge is 1.96. The van der Waals surface area contributed by atoms with Crippen molar-refractivity contribution in [3.8, 4) is 0 Å². The second-order valence-electron chi connectivity index (χ2n) is 2.07. The smallest absolute Gasteiger partial charge is 0.302 e. The maximum Gasteiger partial charge on any atom is 0.302 e. The van der Waals surface area contributed by atoms with Crippen molar-refractivity contribution in [2.75, 3.05) is 6.61 Å². The maximum atomic E-state index is 10.4. The number of carbonyl (C=O) groups excluding carboxylic acids is 1. The fourth-order valence-corrected chi connectivity index (χ4v) is 0.815. The van der Waals surface area contributed by atoms with Gasteiger partial charge < -0.3 is 4.74 Å². The first-order valence-corrected chi connectivity index (χ1v) is 3.72. The lowest BCUT2D eigenvalue weighted by Gasteiger charge is -2.00. The Morgan fingerprint density at radius 3 is 3.08 bits per heavy atom. The van der Waals surface area contributed by atoms with E-state index in [4.69, 9.17) is 12.2 Å². The number of tetrazole rings is 1. The number of esters is 1. The maximum absolute atomic E-state index is 10.4. The van der Waals surface area contributed by atoms with E-state index in [1.165, 1.54) is 11.6 Å². The monoisotopic (exact) mass is 188 g/mol. The average molecular weight is 188 g/mol.